The van der Waals surface area contributed by atoms with E-state index >= 15 is 0 Å². The van der Waals surface area contributed by atoms with Gasteiger partial charge in [0.1, 0.15) is 11.9 Å². The van der Waals surface area contributed by atoms with Gasteiger partial charge in [0.15, 0.2) is 0 Å². The van der Waals surface area contributed by atoms with Gasteiger partial charge in [0.2, 0.25) is 0 Å². The molecule has 0 spiro atoms. The van der Waals surface area contributed by atoms with Crippen molar-refractivity contribution < 1.29 is 9.84 Å². The zero-order valence-corrected chi connectivity index (χ0v) is 11.4. The summed E-state index contributed by atoms with van der Waals surface area (Å²) in [7, 11) is 0. The van der Waals surface area contributed by atoms with Gasteiger partial charge in [-0.3, -0.25) is 9.97 Å². The summed E-state index contributed by atoms with van der Waals surface area (Å²) in [4.78, 5) is 8.53. The van der Waals surface area contributed by atoms with Gasteiger partial charge in [0.25, 0.3) is 0 Å². The molecule has 1 N–H and O–H groups in total. The lowest BCUT2D eigenvalue weighted by Crippen LogP contribution is -2.02. The monoisotopic (exact) mass is 278 g/mol. The zero-order chi connectivity index (χ0) is 14.2. The average Bonchev–Trinajstić information content (AvgIpc) is 3.02. The average molecular weight is 278 g/mol. The van der Waals surface area contributed by atoms with Crippen LogP contribution in [0.25, 0.3) is 11.0 Å². The Morgan fingerprint density at radius 1 is 1.05 bits per heavy atom. The third-order valence-electron chi connectivity index (χ3n) is 3.85. The van der Waals surface area contributed by atoms with Crippen molar-refractivity contribution in [2.75, 3.05) is 6.61 Å². The molecule has 0 saturated heterocycles. The molecule has 1 aromatic heterocycles. The van der Waals surface area contributed by atoms with Crippen LogP contribution in [0, 0.1) is 0 Å². The topological polar surface area (TPSA) is 55.2 Å². The SMILES string of the molecule is OC(c1ccc2nccnc2c1)c1cccc2c1OCC2. The Morgan fingerprint density at radius 3 is 2.81 bits per heavy atom. The van der Waals surface area contributed by atoms with E-state index < -0.39 is 6.10 Å². The van der Waals surface area contributed by atoms with Crippen LogP contribution in [0.3, 0.4) is 0 Å². The minimum Gasteiger partial charge on any atom is -0.493 e. The van der Waals surface area contributed by atoms with Crippen LogP contribution in [0.1, 0.15) is 22.8 Å². The van der Waals surface area contributed by atoms with Gasteiger partial charge in [0, 0.05) is 24.4 Å². The van der Waals surface area contributed by atoms with Crippen LogP contribution < -0.4 is 4.74 Å². The predicted octanol–water partition coefficient (Wildman–Crippen LogP) is 2.65. The number of hydrogen-bond donors (Lipinski definition) is 1. The van der Waals surface area contributed by atoms with Gasteiger partial charge < -0.3 is 9.84 Å². The molecule has 3 aromatic rings. The highest BCUT2D eigenvalue weighted by Crippen LogP contribution is 2.36. The Morgan fingerprint density at radius 2 is 1.90 bits per heavy atom. The maximum atomic E-state index is 10.7. The van der Waals surface area contributed by atoms with Gasteiger partial charge in [-0.15, -0.1) is 0 Å². The summed E-state index contributed by atoms with van der Waals surface area (Å²) in [5, 5.41) is 10.7. The van der Waals surface area contributed by atoms with E-state index in [0.29, 0.717) is 6.61 Å². The minimum absolute atomic E-state index is 0.683. The molecule has 4 heteroatoms. The van der Waals surface area contributed by atoms with Crippen LogP contribution in [0.4, 0.5) is 0 Å². The number of benzene rings is 2. The molecule has 2 heterocycles. The number of fused-ring (bicyclic) bond motifs is 2. The summed E-state index contributed by atoms with van der Waals surface area (Å²) in [5.74, 6) is 0.823. The van der Waals surface area contributed by atoms with Crippen LogP contribution in [0.2, 0.25) is 0 Å². The second-order valence-corrected chi connectivity index (χ2v) is 5.14. The number of aliphatic hydroxyl groups excluding tert-OH is 1. The number of aliphatic hydroxyl groups is 1. The van der Waals surface area contributed by atoms with E-state index in [1.165, 1.54) is 0 Å². The van der Waals surface area contributed by atoms with Crippen LogP contribution in [-0.4, -0.2) is 21.7 Å². The van der Waals surface area contributed by atoms with Crippen LogP contribution in [0.15, 0.2) is 48.8 Å². The van der Waals surface area contributed by atoms with E-state index in [-0.39, 0.29) is 0 Å². The molecule has 1 aliphatic heterocycles. The van der Waals surface area contributed by atoms with Crippen LogP contribution >= 0.6 is 0 Å². The molecule has 1 unspecified atom stereocenters. The van der Waals surface area contributed by atoms with E-state index in [4.69, 9.17) is 4.74 Å². The molecular weight excluding hydrogens is 264 g/mol. The molecule has 0 bridgehead atoms. The van der Waals surface area contributed by atoms with E-state index in [1.54, 1.807) is 12.4 Å². The summed E-state index contributed by atoms with van der Waals surface area (Å²) >= 11 is 0. The Kier molecular flexibility index (Phi) is 2.82. The molecule has 0 radical (unpaired) electrons. The van der Waals surface area contributed by atoms with Gasteiger partial charge in [-0.2, -0.15) is 0 Å². The van der Waals surface area contributed by atoms with Gasteiger partial charge in [-0.1, -0.05) is 24.3 Å². The van der Waals surface area contributed by atoms with Crippen LogP contribution in [-0.2, 0) is 6.42 Å². The number of aromatic nitrogens is 2. The molecule has 0 fully saturated rings. The third-order valence-corrected chi connectivity index (χ3v) is 3.85. The van der Waals surface area contributed by atoms with Gasteiger partial charge >= 0.3 is 0 Å². The molecule has 1 atom stereocenters. The molecule has 2 aromatic carbocycles. The Bertz CT molecular complexity index is 817. The first-order valence-corrected chi connectivity index (χ1v) is 6.96. The van der Waals surface area contributed by atoms with Crippen molar-refractivity contribution >= 4 is 11.0 Å². The fourth-order valence-electron chi connectivity index (χ4n) is 2.79. The van der Waals surface area contributed by atoms with E-state index in [0.717, 1.165) is 39.9 Å². The van der Waals surface area contributed by atoms with Crippen molar-refractivity contribution in [3.8, 4) is 5.75 Å². The standard InChI is InChI=1S/C17H14N2O2/c20-16(13-3-1-2-11-6-9-21-17(11)13)12-4-5-14-15(10-12)19-8-7-18-14/h1-5,7-8,10,16,20H,6,9H2. The van der Waals surface area contributed by atoms with E-state index in [1.807, 2.05) is 36.4 Å². The maximum Gasteiger partial charge on any atom is 0.128 e. The third kappa shape index (κ3) is 2.04. The first-order valence-electron chi connectivity index (χ1n) is 6.96. The highest BCUT2D eigenvalue weighted by Gasteiger charge is 2.22. The summed E-state index contributed by atoms with van der Waals surface area (Å²) in [6.07, 6.45) is 3.50. The molecule has 4 nitrogen and oxygen atoms in total. The van der Waals surface area contributed by atoms with Crippen molar-refractivity contribution in [3.63, 3.8) is 0 Å². The lowest BCUT2D eigenvalue weighted by molar-refractivity contribution is 0.214. The quantitative estimate of drug-likeness (QED) is 0.783. The molecular formula is C17H14N2O2. The van der Waals surface area contributed by atoms with Crippen molar-refractivity contribution in [2.45, 2.75) is 12.5 Å². The minimum atomic E-state index is -0.718. The second-order valence-electron chi connectivity index (χ2n) is 5.14. The van der Waals surface area contributed by atoms with Crippen molar-refractivity contribution in [1.29, 1.82) is 0 Å². The number of hydrogen-bond acceptors (Lipinski definition) is 4. The highest BCUT2D eigenvalue weighted by molar-refractivity contribution is 5.74. The molecule has 0 amide bonds. The summed E-state index contributed by atoms with van der Waals surface area (Å²) < 4.78 is 5.67. The Balaban J connectivity index is 1.80. The van der Waals surface area contributed by atoms with Gasteiger partial charge in [-0.05, 0) is 23.3 Å². The highest BCUT2D eigenvalue weighted by atomic mass is 16.5. The Labute approximate surface area is 122 Å². The van der Waals surface area contributed by atoms with E-state index in [2.05, 4.69) is 9.97 Å². The lowest BCUT2D eigenvalue weighted by Gasteiger charge is -2.15. The van der Waals surface area contributed by atoms with Crippen LogP contribution in [0.5, 0.6) is 5.75 Å². The summed E-state index contributed by atoms with van der Waals surface area (Å²) in [6, 6.07) is 11.6. The number of ether oxygens (including phenoxy) is 1. The summed E-state index contributed by atoms with van der Waals surface area (Å²) in [5.41, 5.74) is 4.37. The van der Waals surface area contributed by atoms with Gasteiger partial charge in [-0.25, -0.2) is 0 Å². The molecule has 0 saturated carbocycles. The van der Waals surface area contributed by atoms with Crippen molar-refractivity contribution in [2.24, 2.45) is 0 Å². The molecule has 4 rings (SSSR count). The fraction of sp³-hybridized carbons (Fsp3) is 0.176. The van der Waals surface area contributed by atoms with Crippen molar-refractivity contribution in [3.05, 3.63) is 65.5 Å². The largest absolute Gasteiger partial charge is 0.493 e. The fourth-order valence-corrected chi connectivity index (χ4v) is 2.79. The normalized spacial score (nSPS) is 14.7. The second kappa shape index (κ2) is 4.82. The number of rotatable bonds is 2. The lowest BCUT2D eigenvalue weighted by atomic mass is 9.98. The molecule has 104 valence electrons. The smallest absolute Gasteiger partial charge is 0.128 e. The van der Waals surface area contributed by atoms with Gasteiger partial charge in [0.05, 0.1) is 17.6 Å². The van der Waals surface area contributed by atoms with E-state index in [9.17, 15) is 5.11 Å². The number of nitrogens with zero attached hydrogens (tertiary/aromatic N) is 2. The molecule has 1 aliphatic rings. The molecule has 0 aliphatic carbocycles. The number of para-hydroxylation sites is 1. The predicted molar refractivity (Wildman–Crippen MR) is 79.2 cm³/mol. The maximum absolute atomic E-state index is 10.7. The van der Waals surface area contributed by atoms with Crippen molar-refractivity contribution in [1.82, 2.24) is 9.97 Å². The summed E-state index contributed by atoms with van der Waals surface area (Å²) in [6.45, 7) is 0.683. The first kappa shape index (κ1) is 12.3. The first-order chi connectivity index (χ1) is 10.3. The molecule has 21 heavy (non-hydrogen) atoms. The Hall–Kier alpha value is -2.46. The zero-order valence-electron chi connectivity index (χ0n) is 11.4.